The van der Waals surface area contributed by atoms with Crippen molar-refractivity contribution in [2.75, 3.05) is 6.54 Å². The quantitative estimate of drug-likeness (QED) is 0.878. The number of amides is 2. The van der Waals surface area contributed by atoms with Gasteiger partial charge < -0.3 is 10.2 Å². The molecule has 0 spiro atoms. The molecule has 1 aromatic carbocycles. The number of benzene rings is 1. The van der Waals surface area contributed by atoms with E-state index in [1.165, 1.54) is 0 Å². The number of rotatable bonds is 3. The molecule has 0 aliphatic carbocycles. The van der Waals surface area contributed by atoms with Crippen molar-refractivity contribution >= 4 is 11.8 Å². The van der Waals surface area contributed by atoms with Gasteiger partial charge in [0.1, 0.15) is 6.04 Å². The predicted octanol–water partition coefficient (Wildman–Crippen LogP) is 1.48. The number of carbonyl (C=O) groups is 2. The van der Waals surface area contributed by atoms with E-state index in [4.69, 9.17) is 0 Å². The van der Waals surface area contributed by atoms with E-state index in [9.17, 15) is 9.59 Å². The normalized spacial score (nSPS) is 21.7. The molecule has 4 nitrogen and oxygen atoms in total. The summed E-state index contributed by atoms with van der Waals surface area (Å²) in [6, 6.07) is 9.43. The Bertz CT molecular complexity index is 444. The first-order chi connectivity index (χ1) is 8.65. The molecule has 4 heteroatoms. The highest BCUT2D eigenvalue weighted by atomic mass is 16.2. The first kappa shape index (κ1) is 12.6. The second kappa shape index (κ2) is 5.21. The number of nitrogens with one attached hydrogen (secondary N) is 1. The Morgan fingerprint density at radius 1 is 1.33 bits per heavy atom. The Kier molecular flexibility index (Phi) is 3.65. The van der Waals surface area contributed by atoms with Crippen LogP contribution in [0.5, 0.6) is 0 Å². The minimum Gasteiger partial charge on any atom is -0.345 e. The zero-order valence-electron chi connectivity index (χ0n) is 10.7. The lowest BCUT2D eigenvalue weighted by molar-refractivity contribution is -0.147. The maximum absolute atomic E-state index is 12.0. The van der Waals surface area contributed by atoms with Crippen molar-refractivity contribution < 1.29 is 9.59 Å². The standard InChI is InChI=1S/C14H18N2O2/c1-3-12(11-7-5-4-6-8-11)16-10(2)14(18)15-9-13(16)17/h4-8,10,12H,3,9H2,1-2H3,(H,15,18). The van der Waals surface area contributed by atoms with Gasteiger partial charge in [0.15, 0.2) is 0 Å². The first-order valence-corrected chi connectivity index (χ1v) is 6.29. The van der Waals surface area contributed by atoms with Crippen molar-refractivity contribution in [3.8, 4) is 0 Å². The van der Waals surface area contributed by atoms with Gasteiger partial charge in [-0.1, -0.05) is 37.3 Å². The fourth-order valence-corrected chi connectivity index (χ4v) is 2.46. The molecule has 1 N–H and O–H groups in total. The van der Waals surface area contributed by atoms with Crippen molar-refractivity contribution in [2.45, 2.75) is 32.4 Å². The maximum atomic E-state index is 12.0. The number of carbonyl (C=O) groups excluding carboxylic acids is 2. The van der Waals surface area contributed by atoms with Gasteiger partial charge in [-0.25, -0.2) is 0 Å². The summed E-state index contributed by atoms with van der Waals surface area (Å²) < 4.78 is 0. The Labute approximate surface area is 107 Å². The van der Waals surface area contributed by atoms with E-state index >= 15 is 0 Å². The van der Waals surface area contributed by atoms with Crippen LogP contribution in [-0.4, -0.2) is 29.3 Å². The number of hydrogen-bond donors (Lipinski definition) is 1. The molecule has 2 rings (SSSR count). The molecule has 2 amide bonds. The van der Waals surface area contributed by atoms with Crippen molar-refractivity contribution in [1.29, 1.82) is 0 Å². The maximum Gasteiger partial charge on any atom is 0.243 e. The molecule has 1 heterocycles. The summed E-state index contributed by atoms with van der Waals surface area (Å²) in [5, 5.41) is 2.61. The molecular weight excluding hydrogens is 228 g/mol. The van der Waals surface area contributed by atoms with Crippen LogP contribution in [0, 0.1) is 0 Å². The fourth-order valence-electron chi connectivity index (χ4n) is 2.46. The molecule has 1 saturated heterocycles. The van der Waals surface area contributed by atoms with Crippen LogP contribution in [0.2, 0.25) is 0 Å². The average molecular weight is 246 g/mol. The summed E-state index contributed by atoms with van der Waals surface area (Å²) in [4.78, 5) is 25.4. The molecule has 96 valence electrons. The monoisotopic (exact) mass is 246 g/mol. The molecule has 0 aromatic heterocycles. The number of hydrogen-bond acceptors (Lipinski definition) is 2. The highest BCUT2D eigenvalue weighted by Crippen LogP contribution is 2.27. The molecule has 0 radical (unpaired) electrons. The first-order valence-electron chi connectivity index (χ1n) is 6.29. The molecule has 1 fully saturated rings. The molecule has 0 saturated carbocycles. The van der Waals surface area contributed by atoms with E-state index in [2.05, 4.69) is 5.32 Å². The molecule has 18 heavy (non-hydrogen) atoms. The summed E-state index contributed by atoms with van der Waals surface area (Å²) in [6.07, 6.45) is 0.799. The Hall–Kier alpha value is -1.84. The van der Waals surface area contributed by atoms with Crippen LogP contribution in [0.1, 0.15) is 31.9 Å². The SMILES string of the molecule is CCC(c1ccccc1)N1C(=O)CNC(=O)C1C. The van der Waals surface area contributed by atoms with Gasteiger partial charge in [-0.05, 0) is 18.9 Å². The van der Waals surface area contributed by atoms with E-state index in [1.54, 1.807) is 11.8 Å². The van der Waals surface area contributed by atoms with Gasteiger partial charge in [-0.3, -0.25) is 9.59 Å². The molecule has 1 aliphatic rings. The van der Waals surface area contributed by atoms with Crippen LogP contribution in [0.3, 0.4) is 0 Å². The van der Waals surface area contributed by atoms with E-state index in [1.807, 2.05) is 37.3 Å². The van der Waals surface area contributed by atoms with Gasteiger partial charge >= 0.3 is 0 Å². The average Bonchev–Trinajstić information content (AvgIpc) is 2.40. The Balaban J connectivity index is 2.31. The molecule has 1 aromatic rings. The van der Waals surface area contributed by atoms with Crippen LogP contribution in [0.25, 0.3) is 0 Å². The fraction of sp³-hybridized carbons (Fsp3) is 0.429. The van der Waals surface area contributed by atoms with Crippen LogP contribution in [0.15, 0.2) is 30.3 Å². The third-order valence-corrected chi connectivity index (χ3v) is 3.41. The number of nitrogens with zero attached hydrogens (tertiary/aromatic N) is 1. The highest BCUT2D eigenvalue weighted by Gasteiger charge is 2.35. The second-order valence-electron chi connectivity index (χ2n) is 4.53. The third kappa shape index (κ3) is 2.23. The van der Waals surface area contributed by atoms with Crippen LogP contribution >= 0.6 is 0 Å². The smallest absolute Gasteiger partial charge is 0.243 e. The Morgan fingerprint density at radius 2 is 2.00 bits per heavy atom. The summed E-state index contributed by atoms with van der Waals surface area (Å²) in [5.41, 5.74) is 1.08. The summed E-state index contributed by atoms with van der Waals surface area (Å²) in [6.45, 7) is 3.91. The lowest BCUT2D eigenvalue weighted by Crippen LogP contribution is -2.57. The van der Waals surface area contributed by atoms with Crippen molar-refractivity contribution in [3.05, 3.63) is 35.9 Å². The summed E-state index contributed by atoms with van der Waals surface area (Å²) in [5.74, 6) is -0.0956. The van der Waals surface area contributed by atoms with Crippen LogP contribution < -0.4 is 5.32 Å². The molecule has 1 aliphatic heterocycles. The summed E-state index contributed by atoms with van der Waals surface area (Å²) in [7, 11) is 0. The van der Waals surface area contributed by atoms with E-state index < -0.39 is 6.04 Å². The topological polar surface area (TPSA) is 49.4 Å². The van der Waals surface area contributed by atoms with Gasteiger partial charge in [0.05, 0.1) is 12.6 Å². The van der Waals surface area contributed by atoms with Crippen molar-refractivity contribution in [1.82, 2.24) is 10.2 Å². The summed E-state index contributed by atoms with van der Waals surface area (Å²) >= 11 is 0. The molecule has 2 unspecified atom stereocenters. The lowest BCUT2D eigenvalue weighted by Gasteiger charge is -2.38. The van der Waals surface area contributed by atoms with E-state index in [0.29, 0.717) is 0 Å². The number of piperazine rings is 1. The van der Waals surface area contributed by atoms with E-state index in [0.717, 1.165) is 12.0 Å². The van der Waals surface area contributed by atoms with Gasteiger partial charge in [0.2, 0.25) is 11.8 Å². The van der Waals surface area contributed by atoms with Crippen molar-refractivity contribution in [2.24, 2.45) is 0 Å². The minimum atomic E-state index is -0.406. The Morgan fingerprint density at radius 3 is 2.61 bits per heavy atom. The van der Waals surface area contributed by atoms with Gasteiger partial charge in [0.25, 0.3) is 0 Å². The van der Waals surface area contributed by atoms with Crippen LogP contribution in [-0.2, 0) is 9.59 Å². The lowest BCUT2D eigenvalue weighted by atomic mass is 9.99. The minimum absolute atomic E-state index is 0.0159. The molecule has 0 bridgehead atoms. The zero-order valence-corrected chi connectivity index (χ0v) is 10.7. The van der Waals surface area contributed by atoms with Crippen LogP contribution in [0.4, 0.5) is 0 Å². The third-order valence-electron chi connectivity index (χ3n) is 3.41. The van der Waals surface area contributed by atoms with Gasteiger partial charge in [-0.2, -0.15) is 0 Å². The predicted molar refractivity (Wildman–Crippen MR) is 68.8 cm³/mol. The largest absolute Gasteiger partial charge is 0.345 e. The van der Waals surface area contributed by atoms with Crippen molar-refractivity contribution in [3.63, 3.8) is 0 Å². The van der Waals surface area contributed by atoms with Gasteiger partial charge in [-0.15, -0.1) is 0 Å². The molecular formula is C14H18N2O2. The van der Waals surface area contributed by atoms with Gasteiger partial charge in [0, 0.05) is 0 Å². The molecule has 2 atom stereocenters. The highest BCUT2D eigenvalue weighted by molar-refractivity contribution is 5.94. The second-order valence-corrected chi connectivity index (χ2v) is 4.53. The van der Waals surface area contributed by atoms with E-state index in [-0.39, 0.29) is 24.4 Å². The zero-order chi connectivity index (χ0) is 13.1.